The molecule has 2 atom stereocenters. The monoisotopic (exact) mass is 306 g/mol. The lowest BCUT2D eigenvalue weighted by Crippen LogP contribution is -2.48. The molecule has 2 N–H and O–H groups in total. The van der Waals surface area contributed by atoms with E-state index in [0.717, 1.165) is 43.1 Å². The van der Waals surface area contributed by atoms with Gasteiger partial charge in [0.2, 0.25) is 0 Å². The van der Waals surface area contributed by atoms with Crippen LogP contribution in [0, 0.1) is 5.92 Å². The number of methoxy groups -OCH3 is 1. The second-order valence-corrected chi connectivity index (χ2v) is 5.74. The molecule has 0 bridgehead atoms. The third kappa shape index (κ3) is 3.44. The zero-order chi connectivity index (χ0) is 15.4. The topological polar surface area (TPSA) is 68.8 Å². The molecule has 3 rings (SSSR count). The fraction of sp³-hybridized carbons (Fsp3) is 0.562. The zero-order valence-corrected chi connectivity index (χ0v) is 12.8. The molecule has 1 aromatic rings. The average molecular weight is 306 g/mol. The van der Waals surface area contributed by atoms with Gasteiger partial charge in [-0.05, 0) is 18.9 Å². The third-order valence-electron chi connectivity index (χ3n) is 4.09. The molecule has 6 nitrogen and oxygen atoms in total. The summed E-state index contributed by atoms with van der Waals surface area (Å²) in [6.45, 7) is 2.64. The summed E-state index contributed by atoms with van der Waals surface area (Å²) in [5, 5.41) is 5.87. The highest BCUT2D eigenvalue weighted by Gasteiger charge is 2.24. The number of para-hydroxylation sites is 1. The lowest BCUT2D eigenvalue weighted by molar-refractivity contribution is 0.184. The maximum Gasteiger partial charge on any atom is 0.315 e. The highest BCUT2D eigenvalue weighted by atomic mass is 16.5. The first kappa shape index (κ1) is 15.0. The molecule has 0 radical (unpaired) electrons. The van der Waals surface area contributed by atoms with E-state index in [2.05, 4.69) is 10.6 Å². The Morgan fingerprint density at radius 1 is 1.41 bits per heavy atom. The van der Waals surface area contributed by atoms with Crippen molar-refractivity contribution in [3.05, 3.63) is 23.8 Å². The van der Waals surface area contributed by atoms with E-state index >= 15 is 0 Å². The number of amides is 2. The van der Waals surface area contributed by atoms with Gasteiger partial charge >= 0.3 is 6.03 Å². The Hall–Kier alpha value is -1.95. The number of carbonyl (C=O) groups is 1. The summed E-state index contributed by atoms with van der Waals surface area (Å²) in [7, 11) is 1.63. The molecule has 0 spiro atoms. The van der Waals surface area contributed by atoms with Gasteiger partial charge in [-0.15, -0.1) is 0 Å². The molecule has 1 saturated heterocycles. The molecule has 2 aliphatic rings. The highest BCUT2D eigenvalue weighted by molar-refractivity contribution is 5.74. The summed E-state index contributed by atoms with van der Waals surface area (Å²) in [6.07, 6.45) is 1.76. The van der Waals surface area contributed by atoms with E-state index < -0.39 is 0 Å². The number of hydrogen-bond acceptors (Lipinski definition) is 4. The van der Waals surface area contributed by atoms with Gasteiger partial charge in [0, 0.05) is 24.6 Å². The van der Waals surface area contributed by atoms with Gasteiger partial charge in [0.1, 0.15) is 6.61 Å². The van der Waals surface area contributed by atoms with Gasteiger partial charge in [0.15, 0.2) is 11.5 Å². The van der Waals surface area contributed by atoms with Crippen LogP contribution in [0.1, 0.15) is 12.0 Å². The first-order chi connectivity index (χ1) is 10.8. The maximum absolute atomic E-state index is 12.0. The first-order valence-corrected chi connectivity index (χ1v) is 7.67. The Morgan fingerprint density at radius 3 is 3.09 bits per heavy atom. The number of benzene rings is 1. The van der Waals surface area contributed by atoms with E-state index in [9.17, 15) is 4.79 Å². The SMILES string of the molecule is COc1cccc2c1OCC(NC(=O)NCC1CCOC1)C2. The number of urea groups is 1. The van der Waals surface area contributed by atoms with E-state index in [4.69, 9.17) is 14.2 Å². The van der Waals surface area contributed by atoms with Crippen LogP contribution >= 0.6 is 0 Å². The van der Waals surface area contributed by atoms with Crippen LogP contribution in [0.3, 0.4) is 0 Å². The molecule has 0 saturated carbocycles. The quantitative estimate of drug-likeness (QED) is 0.881. The van der Waals surface area contributed by atoms with Crippen molar-refractivity contribution in [1.82, 2.24) is 10.6 Å². The molecule has 2 aliphatic heterocycles. The van der Waals surface area contributed by atoms with Gasteiger partial charge in [-0.25, -0.2) is 4.79 Å². The summed E-state index contributed by atoms with van der Waals surface area (Å²) in [5.74, 6) is 1.95. The van der Waals surface area contributed by atoms with Crippen molar-refractivity contribution >= 4 is 6.03 Å². The van der Waals surface area contributed by atoms with Crippen LogP contribution in [0.5, 0.6) is 11.5 Å². The molecule has 1 aromatic carbocycles. The Morgan fingerprint density at radius 2 is 2.32 bits per heavy atom. The Labute approximate surface area is 130 Å². The molecule has 2 amide bonds. The van der Waals surface area contributed by atoms with Crippen LogP contribution in [0.4, 0.5) is 4.79 Å². The number of hydrogen-bond donors (Lipinski definition) is 2. The Balaban J connectivity index is 1.50. The number of fused-ring (bicyclic) bond motifs is 1. The van der Waals surface area contributed by atoms with Crippen LogP contribution in [-0.2, 0) is 11.2 Å². The lowest BCUT2D eigenvalue weighted by atomic mass is 10.0. The predicted molar refractivity (Wildman–Crippen MR) is 81.4 cm³/mol. The standard InChI is InChI=1S/C16H22N2O4/c1-20-14-4-2-3-12-7-13(10-22-15(12)14)18-16(19)17-8-11-5-6-21-9-11/h2-4,11,13H,5-10H2,1H3,(H2,17,18,19). The van der Waals surface area contributed by atoms with Gasteiger partial charge < -0.3 is 24.8 Å². The predicted octanol–water partition coefficient (Wildman–Crippen LogP) is 1.33. The van der Waals surface area contributed by atoms with Crippen molar-refractivity contribution in [2.75, 3.05) is 33.5 Å². The minimum Gasteiger partial charge on any atom is -0.493 e. The number of carbonyl (C=O) groups excluding carboxylic acids is 1. The van der Waals surface area contributed by atoms with Crippen molar-refractivity contribution in [2.45, 2.75) is 18.9 Å². The third-order valence-corrected chi connectivity index (χ3v) is 4.09. The van der Waals surface area contributed by atoms with E-state index in [-0.39, 0.29) is 12.1 Å². The van der Waals surface area contributed by atoms with Crippen molar-refractivity contribution in [3.8, 4) is 11.5 Å². The normalized spacial score (nSPS) is 23.3. The first-order valence-electron chi connectivity index (χ1n) is 7.67. The van der Waals surface area contributed by atoms with Crippen molar-refractivity contribution in [1.29, 1.82) is 0 Å². The summed E-state index contributed by atoms with van der Waals surface area (Å²) < 4.78 is 16.3. The number of rotatable bonds is 4. The molecule has 2 heterocycles. The van der Waals surface area contributed by atoms with Gasteiger partial charge in [-0.3, -0.25) is 0 Å². The van der Waals surface area contributed by atoms with Gasteiger partial charge in [-0.1, -0.05) is 12.1 Å². The smallest absolute Gasteiger partial charge is 0.315 e. The number of ether oxygens (including phenoxy) is 3. The minimum atomic E-state index is -0.146. The summed E-state index contributed by atoms with van der Waals surface area (Å²) in [6, 6.07) is 5.64. The van der Waals surface area contributed by atoms with Gasteiger partial charge in [-0.2, -0.15) is 0 Å². The molecule has 22 heavy (non-hydrogen) atoms. The highest BCUT2D eigenvalue weighted by Crippen LogP contribution is 2.34. The van der Waals surface area contributed by atoms with Crippen LogP contribution in [-0.4, -0.2) is 45.5 Å². The van der Waals surface area contributed by atoms with E-state index in [1.165, 1.54) is 0 Å². The fourth-order valence-electron chi connectivity index (χ4n) is 2.87. The van der Waals surface area contributed by atoms with Gasteiger partial charge in [0.25, 0.3) is 0 Å². The van der Waals surface area contributed by atoms with Crippen LogP contribution < -0.4 is 20.1 Å². The molecule has 6 heteroatoms. The molecule has 1 fully saturated rings. The number of nitrogens with one attached hydrogen (secondary N) is 2. The molecular weight excluding hydrogens is 284 g/mol. The largest absolute Gasteiger partial charge is 0.493 e. The van der Waals surface area contributed by atoms with E-state index in [1.54, 1.807) is 7.11 Å². The minimum absolute atomic E-state index is 0.0283. The van der Waals surface area contributed by atoms with Crippen LogP contribution in [0.15, 0.2) is 18.2 Å². The molecule has 120 valence electrons. The summed E-state index contributed by atoms with van der Waals surface area (Å²) >= 11 is 0. The fourth-order valence-corrected chi connectivity index (χ4v) is 2.87. The van der Waals surface area contributed by atoms with Gasteiger partial charge in [0.05, 0.1) is 19.8 Å². The summed E-state index contributed by atoms with van der Waals surface area (Å²) in [4.78, 5) is 12.0. The second kappa shape index (κ2) is 6.87. The lowest BCUT2D eigenvalue weighted by Gasteiger charge is -2.27. The van der Waals surface area contributed by atoms with Crippen molar-refractivity contribution in [2.24, 2.45) is 5.92 Å². The van der Waals surface area contributed by atoms with Crippen molar-refractivity contribution in [3.63, 3.8) is 0 Å². The molecule has 0 aliphatic carbocycles. The van der Waals surface area contributed by atoms with Crippen LogP contribution in [0.25, 0.3) is 0 Å². The van der Waals surface area contributed by atoms with Crippen molar-refractivity contribution < 1.29 is 19.0 Å². The zero-order valence-electron chi connectivity index (χ0n) is 12.8. The Bertz CT molecular complexity index is 529. The Kier molecular flexibility index (Phi) is 4.68. The second-order valence-electron chi connectivity index (χ2n) is 5.74. The molecule has 2 unspecified atom stereocenters. The van der Waals surface area contributed by atoms with E-state index in [0.29, 0.717) is 19.1 Å². The molecule has 0 aromatic heterocycles. The average Bonchev–Trinajstić information content (AvgIpc) is 3.05. The molecular formula is C16H22N2O4. The van der Waals surface area contributed by atoms with E-state index in [1.807, 2.05) is 18.2 Å². The maximum atomic E-state index is 12.0. The van der Waals surface area contributed by atoms with Crippen LogP contribution in [0.2, 0.25) is 0 Å². The summed E-state index contributed by atoms with van der Waals surface area (Å²) in [5.41, 5.74) is 1.06.